The highest BCUT2D eigenvalue weighted by molar-refractivity contribution is 7.89. The Morgan fingerprint density at radius 1 is 1.07 bits per heavy atom. The van der Waals surface area contributed by atoms with Crippen LogP contribution in [0, 0.1) is 5.82 Å². The molecule has 1 aliphatic rings. The minimum Gasteiger partial charge on any atom is -0.366 e. The second kappa shape index (κ2) is 8.46. The number of hydrogen-bond acceptors (Lipinski definition) is 4. The van der Waals surface area contributed by atoms with Crippen molar-refractivity contribution in [2.45, 2.75) is 17.9 Å². The summed E-state index contributed by atoms with van der Waals surface area (Å²) in [6.07, 6.45) is 0. The van der Waals surface area contributed by atoms with Gasteiger partial charge in [-0.15, -0.1) is 0 Å². The maximum Gasteiger partial charge on any atom is 0.241 e. The molecule has 0 radical (unpaired) electrons. The molecule has 1 heterocycles. The van der Waals surface area contributed by atoms with Crippen LogP contribution in [-0.2, 0) is 14.8 Å². The van der Waals surface area contributed by atoms with Crippen LogP contribution in [0.3, 0.4) is 0 Å². The number of benzene rings is 2. The van der Waals surface area contributed by atoms with Gasteiger partial charge in [0.15, 0.2) is 0 Å². The number of nitrogens with one attached hydrogen (secondary N) is 1. The van der Waals surface area contributed by atoms with Crippen molar-refractivity contribution in [3.63, 3.8) is 0 Å². The quantitative estimate of drug-likeness (QED) is 0.799. The SMILES string of the molecule is C[C@H](NS(=O)(=O)c1ccc(Cl)cc1)C(=O)N1CCN(c2ccccc2F)CC1. The second-order valence-corrected chi connectivity index (χ2v) is 8.71. The lowest BCUT2D eigenvalue weighted by Gasteiger charge is -2.37. The molecule has 1 fully saturated rings. The van der Waals surface area contributed by atoms with Crippen LogP contribution in [0.25, 0.3) is 0 Å². The second-order valence-electron chi connectivity index (χ2n) is 6.56. The maximum atomic E-state index is 13.9. The highest BCUT2D eigenvalue weighted by atomic mass is 35.5. The van der Waals surface area contributed by atoms with Crippen molar-refractivity contribution in [2.24, 2.45) is 0 Å². The van der Waals surface area contributed by atoms with Crippen LogP contribution in [0.15, 0.2) is 53.4 Å². The number of sulfonamides is 1. The van der Waals surface area contributed by atoms with E-state index in [9.17, 15) is 17.6 Å². The summed E-state index contributed by atoms with van der Waals surface area (Å²) in [6, 6.07) is 11.3. The van der Waals surface area contributed by atoms with Crippen molar-refractivity contribution in [3.05, 3.63) is 59.4 Å². The highest BCUT2D eigenvalue weighted by Crippen LogP contribution is 2.20. The van der Waals surface area contributed by atoms with E-state index in [2.05, 4.69) is 4.72 Å². The van der Waals surface area contributed by atoms with Crippen molar-refractivity contribution < 1.29 is 17.6 Å². The van der Waals surface area contributed by atoms with E-state index in [1.807, 2.05) is 4.90 Å². The van der Waals surface area contributed by atoms with Gasteiger partial charge in [0.05, 0.1) is 16.6 Å². The molecule has 0 aliphatic carbocycles. The zero-order valence-corrected chi connectivity index (χ0v) is 16.9. The fourth-order valence-corrected chi connectivity index (χ4v) is 4.44. The van der Waals surface area contributed by atoms with Gasteiger partial charge in [0.2, 0.25) is 15.9 Å². The lowest BCUT2D eigenvalue weighted by Crippen LogP contribution is -2.54. The Morgan fingerprint density at radius 2 is 1.68 bits per heavy atom. The van der Waals surface area contributed by atoms with E-state index < -0.39 is 16.1 Å². The van der Waals surface area contributed by atoms with E-state index in [0.29, 0.717) is 36.9 Å². The Balaban J connectivity index is 1.60. The lowest BCUT2D eigenvalue weighted by molar-refractivity contribution is -0.132. The number of rotatable bonds is 5. The van der Waals surface area contributed by atoms with Gasteiger partial charge in [-0.05, 0) is 43.3 Å². The molecule has 6 nitrogen and oxygen atoms in total. The molecule has 2 aromatic rings. The van der Waals surface area contributed by atoms with Gasteiger partial charge in [-0.25, -0.2) is 12.8 Å². The molecule has 9 heteroatoms. The van der Waals surface area contributed by atoms with Crippen molar-refractivity contribution in [3.8, 4) is 0 Å². The predicted octanol–water partition coefficient (Wildman–Crippen LogP) is 2.49. The first-order valence-electron chi connectivity index (χ1n) is 8.84. The number of amides is 1. The van der Waals surface area contributed by atoms with Gasteiger partial charge in [-0.3, -0.25) is 4.79 Å². The summed E-state index contributed by atoms with van der Waals surface area (Å²) in [6.45, 7) is 3.24. The zero-order chi connectivity index (χ0) is 20.3. The molecule has 28 heavy (non-hydrogen) atoms. The molecule has 0 unspecified atom stereocenters. The Morgan fingerprint density at radius 3 is 2.29 bits per heavy atom. The molecule has 1 saturated heterocycles. The number of anilines is 1. The molecule has 3 rings (SSSR count). The van der Waals surface area contributed by atoms with Crippen LogP contribution >= 0.6 is 11.6 Å². The molecule has 0 spiro atoms. The fourth-order valence-electron chi connectivity index (χ4n) is 3.11. The van der Waals surface area contributed by atoms with Gasteiger partial charge in [0.1, 0.15) is 5.82 Å². The molecule has 1 atom stereocenters. The number of hydrogen-bond donors (Lipinski definition) is 1. The summed E-state index contributed by atoms with van der Waals surface area (Å²) >= 11 is 5.78. The van der Waals surface area contributed by atoms with Crippen molar-refractivity contribution in [2.75, 3.05) is 31.1 Å². The van der Waals surface area contributed by atoms with Gasteiger partial charge >= 0.3 is 0 Å². The Kier molecular flexibility index (Phi) is 6.22. The van der Waals surface area contributed by atoms with Crippen LogP contribution in [0.5, 0.6) is 0 Å². The minimum absolute atomic E-state index is 0.0425. The van der Waals surface area contributed by atoms with Crippen LogP contribution in [-0.4, -0.2) is 51.4 Å². The number of halogens is 2. The standard InChI is InChI=1S/C19H21ClFN3O3S/c1-14(22-28(26,27)16-8-6-15(20)7-9-16)19(25)24-12-10-23(11-13-24)18-5-3-2-4-17(18)21/h2-9,14,22H,10-13H2,1H3/t14-/m0/s1. The van der Waals surface area contributed by atoms with E-state index in [1.165, 1.54) is 37.3 Å². The molecule has 1 amide bonds. The van der Waals surface area contributed by atoms with Crippen LogP contribution in [0.2, 0.25) is 5.02 Å². The average molecular weight is 426 g/mol. The molecule has 0 saturated carbocycles. The normalized spacial score (nSPS) is 16.1. The van der Waals surface area contributed by atoms with E-state index in [-0.39, 0.29) is 16.6 Å². The van der Waals surface area contributed by atoms with E-state index in [0.717, 1.165) is 0 Å². The van der Waals surface area contributed by atoms with Gasteiger partial charge < -0.3 is 9.80 Å². The summed E-state index contributed by atoms with van der Waals surface area (Å²) in [7, 11) is -3.84. The number of piperazine rings is 1. The molecule has 1 N–H and O–H groups in total. The van der Waals surface area contributed by atoms with Gasteiger partial charge in [-0.1, -0.05) is 23.7 Å². The topological polar surface area (TPSA) is 69.7 Å². The van der Waals surface area contributed by atoms with E-state index >= 15 is 0 Å². The fraction of sp³-hybridized carbons (Fsp3) is 0.316. The third-order valence-corrected chi connectivity index (χ3v) is 6.42. The summed E-state index contributed by atoms with van der Waals surface area (Å²) < 4.78 is 41.2. The summed E-state index contributed by atoms with van der Waals surface area (Å²) in [5.41, 5.74) is 0.506. The number of nitrogens with zero attached hydrogens (tertiary/aromatic N) is 2. The number of carbonyl (C=O) groups is 1. The zero-order valence-electron chi connectivity index (χ0n) is 15.3. The third-order valence-electron chi connectivity index (χ3n) is 4.61. The smallest absolute Gasteiger partial charge is 0.241 e. The van der Waals surface area contributed by atoms with Crippen molar-refractivity contribution in [1.82, 2.24) is 9.62 Å². The average Bonchev–Trinajstić information content (AvgIpc) is 2.68. The van der Waals surface area contributed by atoms with Crippen LogP contribution < -0.4 is 9.62 Å². The van der Waals surface area contributed by atoms with Gasteiger partial charge in [0, 0.05) is 31.2 Å². The largest absolute Gasteiger partial charge is 0.366 e. The summed E-state index contributed by atoms with van der Waals surface area (Å²) in [4.78, 5) is 16.2. The first-order chi connectivity index (χ1) is 13.3. The van der Waals surface area contributed by atoms with E-state index in [1.54, 1.807) is 23.1 Å². The molecule has 1 aliphatic heterocycles. The first kappa shape index (κ1) is 20.6. The van der Waals surface area contributed by atoms with Crippen LogP contribution in [0.4, 0.5) is 10.1 Å². The molecular weight excluding hydrogens is 405 g/mol. The number of para-hydroxylation sites is 1. The predicted molar refractivity (Wildman–Crippen MR) is 106 cm³/mol. The Bertz CT molecular complexity index is 945. The number of carbonyl (C=O) groups excluding carboxylic acids is 1. The lowest BCUT2D eigenvalue weighted by atomic mass is 10.2. The molecular formula is C19H21ClFN3O3S. The highest BCUT2D eigenvalue weighted by Gasteiger charge is 2.28. The van der Waals surface area contributed by atoms with E-state index in [4.69, 9.17) is 11.6 Å². The van der Waals surface area contributed by atoms with Crippen molar-refractivity contribution >= 4 is 33.2 Å². The van der Waals surface area contributed by atoms with Gasteiger partial charge in [0.25, 0.3) is 0 Å². The summed E-state index contributed by atoms with van der Waals surface area (Å²) in [5, 5.41) is 0.427. The minimum atomic E-state index is -3.84. The molecule has 150 valence electrons. The van der Waals surface area contributed by atoms with Gasteiger partial charge in [-0.2, -0.15) is 4.72 Å². The molecule has 0 aromatic heterocycles. The Labute approximate surface area is 168 Å². The molecule has 0 bridgehead atoms. The van der Waals surface area contributed by atoms with Crippen molar-refractivity contribution in [1.29, 1.82) is 0 Å². The first-order valence-corrected chi connectivity index (χ1v) is 10.7. The molecule has 2 aromatic carbocycles. The third kappa shape index (κ3) is 4.63. The van der Waals surface area contributed by atoms with Crippen LogP contribution in [0.1, 0.15) is 6.92 Å². The Hall–Kier alpha value is -2.16. The maximum absolute atomic E-state index is 13.9. The summed E-state index contributed by atoms with van der Waals surface area (Å²) in [5.74, 6) is -0.614. The monoisotopic (exact) mass is 425 g/mol.